The van der Waals surface area contributed by atoms with E-state index in [2.05, 4.69) is 0 Å². The summed E-state index contributed by atoms with van der Waals surface area (Å²) in [5.41, 5.74) is 8.92. The molecule has 6 heteroatoms. The van der Waals surface area contributed by atoms with E-state index in [0.717, 1.165) is 22.4 Å². The van der Waals surface area contributed by atoms with E-state index in [4.69, 9.17) is 15.2 Å². The topological polar surface area (TPSA) is 81.9 Å². The number of hydrogen-bond acceptors (Lipinski definition) is 5. The van der Waals surface area contributed by atoms with E-state index in [1.807, 2.05) is 48.5 Å². The predicted molar refractivity (Wildman–Crippen MR) is 102 cm³/mol. The standard InChI is InChI=1S/C21H24N2O4/c1-23-17(11-19(20(23)24)21(25)26-2)13-27-18-9-7-16(8-10-18)15-5-3-14(12-22)4-6-15/h3-10,17,19H,11-13,22H2,1-2H3/t17-,19-/m0/s1. The quantitative estimate of drug-likeness (QED) is 0.624. The first-order valence-corrected chi connectivity index (χ1v) is 8.90. The first kappa shape index (κ1) is 18.9. The van der Waals surface area contributed by atoms with Gasteiger partial charge in [-0.05, 0) is 35.2 Å². The number of rotatable bonds is 6. The fraction of sp³-hybridized carbons (Fsp3) is 0.333. The van der Waals surface area contributed by atoms with Gasteiger partial charge in [0.2, 0.25) is 5.91 Å². The lowest BCUT2D eigenvalue weighted by Crippen LogP contribution is -2.34. The van der Waals surface area contributed by atoms with Gasteiger partial charge < -0.3 is 20.1 Å². The summed E-state index contributed by atoms with van der Waals surface area (Å²) < 4.78 is 10.5. The van der Waals surface area contributed by atoms with E-state index in [0.29, 0.717) is 19.6 Å². The van der Waals surface area contributed by atoms with Crippen molar-refractivity contribution < 1.29 is 19.1 Å². The Morgan fingerprint density at radius 3 is 2.26 bits per heavy atom. The highest BCUT2D eigenvalue weighted by Gasteiger charge is 2.42. The molecule has 1 aliphatic heterocycles. The molecular formula is C21H24N2O4. The number of amides is 1. The summed E-state index contributed by atoms with van der Waals surface area (Å²) in [6.07, 6.45) is 0.410. The van der Waals surface area contributed by atoms with Crippen LogP contribution in [-0.2, 0) is 20.9 Å². The van der Waals surface area contributed by atoms with Crippen LogP contribution in [0.1, 0.15) is 12.0 Å². The lowest BCUT2D eigenvalue weighted by atomic mass is 10.0. The molecule has 6 nitrogen and oxygen atoms in total. The Hall–Kier alpha value is -2.86. The molecule has 0 aromatic heterocycles. The molecule has 0 bridgehead atoms. The number of nitrogens with zero attached hydrogens (tertiary/aromatic N) is 1. The molecular weight excluding hydrogens is 344 g/mol. The van der Waals surface area contributed by atoms with E-state index in [9.17, 15) is 9.59 Å². The Morgan fingerprint density at radius 1 is 1.11 bits per heavy atom. The molecule has 0 spiro atoms. The number of esters is 1. The number of methoxy groups -OCH3 is 1. The Morgan fingerprint density at radius 2 is 1.70 bits per heavy atom. The van der Waals surface area contributed by atoms with Crippen LogP contribution < -0.4 is 10.5 Å². The minimum Gasteiger partial charge on any atom is -0.491 e. The van der Waals surface area contributed by atoms with Crippen LogP contribution in [0.2, 0.25) is 0 Å². The third-order valence-electron chi connectivity index (χ3n) is 5.01. The fourth-order valence-electron chi connectivity index (χ4n) is 3.25. The Balaban J connectivity index is 1.60. The number of likely N-dealkylation sites (tertiary alicyclic amines) is 1. The van der Waals surface area contributed by atoms with E-state index in [1.165, 1.54) is 7.11 Å². The Labute approximate surface area is 158 Å². The van der Waals surface area contributed by atoms with Crippen LogP contribution >= 0.6 is 0 Å². The minimum atomic E-state index is -0.729. The van der Waals surface area contributed by atoms with Gasteiger partial charge >= 0.3 is 5.97 Å². The molecule has 2 N–H and O–H groups in total. The fourth-order valence-corrected chi connectivity index (χ4v) is 3.25. The summed E-state index contributed by atoms with van der Waals surface area (Å²) >= 11 is 0. The maximum Gasteiger partial charge on any atom is 0.318 e. The van der Waals surface area contributed by atoms with Crippen LogP contribution in [0.25, 0.3) is 11.1 Å². The van der Waals surface area contributed by atoms with E-state index >= 15 is 0 Å². The summed E-state index contributed by atoms with van der Waals surface area (Å²) in [4.78, 5) is 25.4. The number of likely N-dealkylation sites (N-methyl/N-ethyl adjacent to an activating group) is 1. The lowest BCUT2D eigenvalue weighted by molar-refractivity contribution is -0.150. The van der Waals surface area contributed by atoms with Crippen molar-refractivity contribution in [3.8, 4) is 16.9 Å². The zero-order valence-corrected chi connectivity index (χ0v) is 15.6. The van der Waals surface area contributed by atoms with E-state index < -0.39 is 11.9 Å². The maximum absolute atomic E-state index is 12.1. The van der Waals surface area contributed by atoms with Gasteiger partial charge in [-0.2, -0.15) is 0 Å². The molecule has 0 aliphatic carbocycles. The lowest BCUT2D eigenvalue weighted by Gasteiger charge is -2.20. The molecule has 2 aromatic rings. The second kappa shape index (κ2) is 8.22. The highest BCUT2D eigenvalue weighted by molar-refractivity contribution is 5.99. The van der Waals surface area contributed by atoms with Crippen molar-refractivity contribution in [1.82, 2.24) is 4.90 Å². The van der Waals surface area contributed by atoms with Crippen LogP contribution in [-0.4, -0.2) is 43.6 Å². The van der Waals surface area contributed by atoms with Gasteiger partial charge in [-0.1, -0.05) is 36.4 Å². The number of ether oxygens (including phenoxy) is 2. The minimum absolute atomic E-state index is 0.148. The molecule has 1 heterocycles. The Kier molecular flexibility index (Phi) is 5.76. The SMILES string of the molecule is COC(=O)[C@H]1C[C@@H](COc2ccc(-c3ccc(CN)cc3)cc2)N(C)C1=O. The number of hydrogen-bond donors (Lipinski definition) is 1. The molecule has 0 saturated carbocycles. The first-order chi connectivity index (χ1) is 13.0. The molecule has 142 valence electrons. The van der Waals surface area contributed by atoms with Gasteiger partial charge in [-0.15, -0.1) is 0 Å². The van der Waals surface area contributed by atoms with Crippen LogP contribution in [0.4, 0.5) is 0 Å². The molecule has 1 saturated heterocycles. The van der Waals surface area contributed by atoms with E-state index in [1.54, 1.807) is 11.9 Å². The van der Waals surface area contributed by atoms with Crippen molar-refractivity contribution in [2.24, 2.45) is 11.7 Å². The van der Waals surface area contributed by atoms with Gasteiger partial charge in [0.25, 0.3) is 0 Å². The molecule has 2 aromatic carbocycles. The summed E-state index contributed by atoms with van der Waals surface area (Å²) in [6, 6.07) is 15.8. The number of nitrogens with two attached hydrogens (primary N) is 1. The highest BCUT2D eigenvalue weighted by atomic mass is 16.5. The zero-order valence-electron chi connectivity index (χ0n) is 15.6. The van der Waals surface area contributed by atoms with Gasteiger partial charge in [-0.25, -0.2) is 0 Å². The molecule has 0 radical (unpaired) electrons. The molecule has 1 amide bonds. The second-order valence-corrected chi connectivity index (χ2v) is 6.65. The smallest absolute Gasteiger partial charge is 0.318 e. The van der Waals surface area contributed by atoms with Gasteiger partial charge in [0, 0.05) is 13.6 Å². The van der Waals surface area contributed by atoms with Gasteiger partial charge in [0.05, 0.1) is 13.2 Å². The predicted octanol–water partition coefficient (Wildman–Crippen LogP) is 2.21. The summed E-state index contributed by atoms with van der Waals surface area (Å²) in [7, 11) is 2.98. The van der Waals surface area contributed by atoms with Crippen molar-refractivity contribution in [3.05, 3.63) is 54.1 Å². The summed E-state index contributed by atoms with van der Waals surface area (Å²) in [6.45, 7) is 0.863. The summed E-state index contributed by atoms with van der Waals surface area (Å²) in [5.74, 6) is -0.710. The molecule has 2 atom stereocenters. The number of carbonyl (C=O) groups excluding carboxylic acids is 2. The van der Waals surface area contributed by atoms with Gasteiger partial charge in [0.1, 0.15) is 18.3 Å². The molecule has 0 unspecified atom stereocenters. The van der Waals surface area contributed by atoms with Crippen LogP contribution in [0.15, 0.2) is 48.5 Å². The van der Waals surface area contributed by atoms with Crippen molar-refractivity contribution in [2.75, 3.05) is 20.8 Å². The van der Waals surface area contributed by atoms with Crippen molar-refractivity contribution in [1.29, 1.82) is 0 Å². The highest BCUT2D eigenvalue weighted by Crippen LogP contribution is 2.26. The van der Waals surface area contributed by atoms with Crippen LogP contribution in [0.3, 0.4) is 0 Å². The van der Waals surface area contributed by atoms with Crippen molar-refractivity contribution >= 4 is 11.9 Å². The Bertz CT molecular complexity index is 802. The summed E-state index contributed by atoms with van der Waals surface area (Å²) in [5, 5.41) is 0. The largest absolute Gasteiger partial charge is 0.491 e. The molecule has 1 aliphatic rings. The maximum atomic E-state index is 12.1. The normalized spacial score (nSPS) is 19.2. The monoisotopic (exact) mass is 368 g/mol. The third-order valence-corrected chi connectivity index (χ3v) is 5.01. The number of carbonyl (C=O) groups is 2. The first-order valence-electron chi connectivity index (χ1n) is 8.90. The number of benzene rings is 2. The van der Waals surface area contributed by atoms with Crippen molar-refractivity contribution in [2.45, 2.75) is 19.0 Å². The molecule has 3 rings (SSSR count). The second-order valence-electron chi connectivity index (χ2n) is 6.65. The molecule has 1 fully saturated rings. The van der Waals surface area contributed by atoms with Gasteiger partial charge in [0.15, 0.2) is 0 Å². The average Bonchev–Trinajstić information content (AvgIpc) is 3.00. The van der Waals surface area contributed by atoms with Crippen LogP contribution in [0, 0.1) is 5.92 Å². The molecule has 27 heavy (non-hydrogen) atoms. The zero-order chi connectivity index (χ0) is 19.4. The van der Waals surface area contributed by atoms with Crippen molar-refractivity contribution in [3.63, 3.8) is 0 Å². The average molecular weight is 368 g/mol. The van der Waals surface area contributed by atoms with Gasteiger partial charge in [-0.3, -0.25) is 9.59 Å². The third kappa shape index (κ3) is 4.11. The van der Waals surface area contributed by atoms with E-state index in [-0.39, 0.29) is 11.9 Å². The van der Waals surface area contributed by atoms with Crippen LogP contribution in [0.5, 0.6) is 5.75 Å².